The van der Waals surface area contributed by atoms with Crippen molar-refractivity contribution in [2.75, 3.05) is 25.5 Å². The molecule has 0 saturated carbocycles. The van der Waals surface area contributed by atoms with Gasteiger partial charge in [-0.25, -0.2) is 9.97 Å². The smallest absolute Gasteiger partial charge is 0.284 e. The average Bonchev–Trinajstić information content (AvgIpc) is 3.55. The van der Waals surface area contributed by atoms with Crippen LogP contribution in [0.15, 0.2) is 36.4 Å². The standard InChI is InChI=1S/C29H28ClN5O2S2/c1-16-18(6-4-8-20(16)32-27(37)29-34-21-9-11-31-14-24(21)38-29)19-7-3-5-17(26(19)30)13-23(36)28-33-22-10-12-35(2)15-25(22)39-28/h3-8,31H,9-15H2,1-2H3,(H,32,37). The van der Waals surface area contributed by atoms with Crippen molar-refractivity contribution in [1.82, 2.24) is 20.2 Å². The number of fused-ring (bicyclic) bond motifs is 2. The fourth-order valence-corrected chi connectivity index (χ4v) is 7.47. The highest BCUT2D eigenvalue weighted by atomic mass is 35.5. The lowest BCUT2D eigenvalue weighted by molar-refractivity contribution is 0.0990. The number of thiazole rings is 2. The van der Waals surface area contributed by atoms with Crippen LogP contribution in [-0.2, 0) is 32.4 Å². The second-order valence-corrected chi connectivity index (χ2v) is 12.5. The number of ketones is 1. The summed E-state index contributed by atoms with van der Waals surface area (Å²) in [6.45, 7) is 5.40. The van der Waals surface area contributed by atoms with Crippen LogP contribution < -0.4 is 10.6 Å². The summed E-state index contributed by atoms with van der Waals surface area (Å²) in [5.74, 6) is -0.229. The van der Waals surface area contributed by atoms with Crippen LogP contribution in [0.1, 0.15) is 51.9 Å². The SMILES string of the molecule is Cc1c(NC(=O)c2nc3c(s2)CNCC3)cccc1-c1cccc(CC(=O)c2nc3c(s2)CN(C)CC3)c1Cl. The number of anilines is 1. The molecule has 0 aliphatic carbocycles. The quantitative estimate of drug-likeness (QED) is 0.293. The lowest BCUT2D eigenvalue weighted by atomic mass is 9.96. The molecule has 2 aliphatic heterocycles. The zero-order chi connectivity index (χ0) is 27.1. The van der Waals surface area contributed by atoms with E-state index in [1.54, 1.807) is 0 Å². The molecule has 39 heavy (non-hydrogen) atoms. The third kappa shape index (κ3) is 5.29. The number of nitrogens with one attached hydrogen (secondary N) is 2. The summed E-state index contributed by atoms with van der Waals surface area (Å²) >= 11 is 9.84. The monoisotopic (exact) mass is 577 g/mol. The van der Waals surface area contributed by atoms with Gasteiger partial charge in [0, 0.05) is 66.4 Å². The molecule has 0 bridgehead atoms. The lowest BCUT2D eigenvalue weighted by Crippen LogP contribution is -2.25. The van der Waals surface area contributed by atoms with Crippen molar-refractivity contribution >= 4 is 51.7 Å². The molecule has 200 valence electrons. The fourth-order valence-electron chi connectivity index (χ4n) is 5.08. The molecule has 7 nitrogen and oxygen atoms in total. The van der Waals surface area contributed by atoms with Gasteiger partial charge in [0.15, 0.2) is 15.8 Å². The first-order chi connectivity index (χ1) is 18.9. The first kappa shape index (κ1) is 26.3. The first-order valence-electron chi connectivity index (χ1n) is 13.0. The molecule has 0 atom stereocenters. The summed E-state index contributed by atoms with van der Waals surface area (Å²) in [6.07, 6.45) is 1.90. The van der Waals surface area contributed by atoms with Gasteiger partial charge in [-0.1, -0.05) is 41.9 Å². The molecule has 2 aromatic carbocycles. The highest BCUT2D eigenvalue weighted by Gasteiger charge is 2.23. The largest absolute Gasteiger partial charge is 0.320 e. The normalized spacial score (nSPS) is 15.1. The van der Waals surface area contributed by atoms with Gasteiger partial charge in [-0.2, -0.15) is 0 Å². The summed E-state index contributed by atoms with van der Waals surface area (Å²) in [6, 6.07) is 11.5. The van der Waals surface area contributed by atoms with Crippen LogP contribution in [-0.4, -0.2) is 46.7 Å². The number of halogens is 1. The van der Waals surface area contributed by atoms with Gasteiger partial charge in [-0.15, -0.1) is 22.7 Å². The number of hydrogen-bond donors (Lipinski definition) is 2. The molecule has 2 N–H and O–H groups in total. The molecular formula is C29H28ClN5O2S2. The minimum absolute atomic E-state index is 0.0183. The number of carbonyl (C=O) groups excluding carboxylic acids is 2. The second kappa shape index (κ2) is 10.9. The van der Waals surface area contributed by atoms with E-state index in [0.29, 0.717) is 20.7 Å². The molecule has 0 spiro atoms. The molecule has 6 rings (SSSR count). The predicted octanol–water partition coefficient (Wildman–Crippen LogP) is 5.54. The Morgan fingerprint density at radius 2 is 1.77 bits per heavy atom. The Bertz CT molecular complexity index is 1570. The Hall–Kier alpha value is -2.95. The van der Waals surface area contributed by atoms with Gasteiger partial charge in [-0.05, 0) is 36.7 Å². The van der Waals surface area contributed by atoms with Crippen molar-refractivity contribution in [3.63, 3.8) is 0 Å². The molecule has 0 unspecified atom stereocenters. The van der Waals surface area contributed by atoms with Gasteiger partial charge in [0.1, 0.15) is 0 Å². The van der Waals surface area contributed by atoms with Crippen LogP contribution in [0, 0.1) is 6.92 Å². The molecular weight excluding hydrogens is 550 g/mol. The minimum atomic E-state index is -0.211. The highest BCUT2D eigenvalue weighted by Crippen LogP contribution is 2.36. The van der Waals surface area contributed by atoms with Crippen molar-refractivity contribution in [3.8, 4) is 11.1 Å². The van der Waals surface area contributed by atoms with Gasteiger partial charge < -0.3 is 15.5 Å². The van der Waals surface area contributed by atoms with Gasteiger partial charge >= 0.3 is 0 Å². The number of hydrogen-bond acceptors (Lipinski definition) is 8. The van der Waals surface area contributed by atoms with Gasteiger partial charge in [0.05, 0.1) is 16.4 Å². The molecule has 2 aliphatic rings. The first-order valence-corrected chi connectivity index (χ1v) is 15.0. The molecule has 0 saturated heterocycles. The number of Topliss-reactive ketones (excluding diaryl/α,β-unsaturated/α-hetero) is 1. The van der Waals surface area contributed by atoms with E-state index in [1.807, 2.05) is 43.3 Å². The van der Waals surface area contributed by atoms with Crippen LogP contribution in [0.5, 0.6) is 0 Å². The third-order valence-corrected chi connectivity index (χ3v) is 9.93. The van der Waals surface area contributed by atoms with Crippen LogP contribution >= 0.6 is 34.3 Å². The Balaban J connectivity index is 1.23. The van der Waals surface area contributed by atoms with Gasteiger partial charge in [-0.3, -0.25) is 9.59 Å². The van der Waals surface area contributed by atoms with Crippen LogP contribution in [0.4, 0.5) is 5.69 Å². The van der Waals surface area contributed by atoms with E-state index < -0.39 is 0 Å². The van der Waals surface area contributed by atoms with Crippen LogP contribution in [0.25, 0.3) is 11.1 Å². The second-order valence-electron chi connectivity index (χ2n) is 10.0. The molecule has 0 radical (unpaired) electrons. The Morgan fingerprint density at radius 1 is 1.03 bits per heavy atom. The van der Waals surface area contributed by atoms with E-state index in [-0.39, 0.29) is 18.1 Å². The predicted molar refractivity (Wildman–Crippen MR) is 157 cm³/mol. The maximum atomic E-state index is 13.2. The number of likely N-dealkylation sites (N-methyl/N-ethyl adjacent to an activating group) is 1. The number of benzene rings is 2. The number of nitrogens with zero attached hydrogens (tertiary/aromatic N) is 3. The maximum Gasteiger partial charge on any atom is 0.284 e. The fraction of sp³-hybridized carbons (Fsp3) is 0.310. The highest BCUT2D eigenvalue weighted by molar-refractivity contribution is 7.14. The minimum Gasteiger partial charge on any atom is -0.320 e. The van der Waals surface area contributed by atoms with Gasteiger partial charge in [0.25, 0.3) is 5.91 Å². The molecule has 4 heterocycles. The summed E-state index contributed by atoms with van der Waals surface area (Å²) in [4.78, 5) is 40.0. The topological polar surface area (TPSA) is 87.2 Å². The number of aromatic nitrogens is 2. The van der Waals surface area contributed by atoms with Crippen LogP contribution in [0.2, 0.25) is 5.02 Å². The van der Waals surface area contributed by atoms with Gasteiger partial charge in [0.2, 0.25) is 0 Å². The molecule has 0 fully saturated rings. The van der Waals surface area contributed by atoms with E-state index in [9.17, 15) is 9.59 Å². The van der Waals surface area contributed by atoms with E-state index in [1.165, 1.54) is 27.6 Å². The summed E-state index contributed by atoms with van der Waals surface area (Å²) < 4.78 is 0. The van der Waals surface area contributed by atoms with Crippen LogP contribution in [0.3, 0.4) is 0 Å². The Kier molecular flexibility index (Phi) is 7.35. The summed E-state index contributed by atoms with van der Waals surface area (Å²) in [5.41, 5.74) is 6.16. The number of rotatable bonds is 6. The van der Waals surface area contributed by atoms with E-state index in [4.69, 9.17) is 11.6 Å². The van der Waals surface area contributed by atoms with Crippen molar-refractivity contribution in [1.29, 1.82) is 0 Å². The van der Waals surface area contributed by atoms with E-state index in [0.717, 1.165) is 77.5 Å². The van der Waals surface area contributed by atoms with Crippen molar-refractivity contribution in [3.05, 3.63) is 83.7 Å². The molecule has 4 aromatic rings. The van der Waals surface area contributed by atoms with Crippen molar-refractivity contribution < 1.29 is 9.59 Å². The third-order valence-electron chi connectivity index (χ3n) is 7.26. The molecule has 10 heteroatoms. The zero-order valence-electron chi connectivity index (χ0n) is 21.8. The molecule has 1 amide bonds. The number of amides is 1. The zero-order valence-corrected chi connectivity index (χ0v) is 24.2. The van der Waals surface area contributed by atoms with Crippen molar-refractivity contribution in [2.24, 2.45) is 0 Å². The number of carbonyl (C=O) groups is 2. The lowest BCUT2D eigenvalue weighted by Gasteiger charge is -2.20. The maximum absolute atomic E-state index is 13.2. The summed E-state index contributed by atoms with van der Waals surface area (Å²) in [7, 11) is 2.08. The van der Waals surface area contributed by atoms with E-state index in [2.05, 4.69) is 32.5 Å². The van der Waals surface area contributed by atoms with E-state index >= 15 is 0 Å². The summed E-state index contributed by atoms with van der Waals surface area (Å²) in [5, 5.41) is 7.93. The van der Waals surface area contributed by atoms with Crippen molar-refractivity contribution in [2.45, 2.75) is 39.3 Å². The Labute approximate surface area is 240 Å². The Morgan fingerprint density at radius 3 is 2.62 bits per heavy atom. The molecule has 2 aromatic heterocycles. The average molecular weight is 578 g/mol.